The lowest BCUT2D eigenvalue weighted by molar-refractivity contribution is 0.116. The normalized spacial score (nSPS) is 19.9. The number of halogens is 1. The molecule has 1 fully saturated rings. The maximum Gasteiger partial charge on any atom is 0.191 e. The van der Waals surface area contributed by atoms with Crippen molar-refractivity contribution in [3.05, 3.63) is 35.9 Å². The van der Waals surface area contributed by atoms with Crippen molar-refractivity contribution in [1.29, 1.82) is 0 Å². The fraction of sp³-hybridized carbons (Fsp3) is 0.667. The molecule has 0 aliphatic carbocycles. The predicted molar refractivity (Wildman–Crippen MR) is 131 cm³/mol. The van der Waals surface area contributed by atoms with Gasteiger partial charge in [-0.2, -0.15) is 0 Å². The molecule has 2 N–H and O–H groups in total. The highest BCUT2D eigenvalue weighted by Crippen LogP contribution is 2.08. The molecule has 0 spiro atoms. The molecular weight excluding hydrogens is 463 g/mol. The van der Waals surface area contributed by atoms with Crippen molar-refractivity contribution in [2.45, 2.75) is 32.0 Å². The number of likely N-dealkylation sites (N-methyl/N-ethyl adjacent to an activating group) is 2. The third kappa shape index (κ3) is 8.63. The van der Waals surface area contributed by atoms with Crippen LogP contribution in [0.5, 0.6) is 0 Å². The summed E-state index contributed by atoms with van der Waals surface area (Å²) >= 11 is 0. The Kier molecular flexibility index (Phi) is 12.0. The molecule has 160 valence electrons. The third-order valence-electron chi connectivity index (χ3n) is 5.59. The number of nitrogens with one attached hydrogen (secondary N) is 2. The van der Waals surface area contributed by atoms with E-state index in [0.717, 1.165) is 51.6 Å². The lowest BCUT2D eigenvalue weighted by atomic mass is 10.1. The minimum atomic E-state index is 0. The van der Waals surface area contributed by atoms with Crippen molar-refractivity contribution in [2.75, 3.05) is 60.9 Å². The first kappa shape index (κ1) is 25.1. The number of nitrogens with zero attached hydrogens (tertiary/aromatic N) is 4. The number of piperazine rings is 1. The third-order valence-corrected chi connectivity index (χ3v) is 5.59. The van der Waals surface area contributed by atoms with Gasteiger partial charge < -0.3 is 15.5 Å². The van der Waals surface area contributed by atoms with Crippen LogP contribution in [0.4, 0.5) is 0 Å². The average Bonchev–Trinajstić information content (AvgIpc) is 2.67. The topological polar surface area (TPSA) is 46.1 Å². The van der Waals surface area contributed by atoms with E-state index in [9.17, 15) is 0 Å². The summed E-state index contributed by atoms with van der Waals surface area (Å²) in [5, 5.41) is 6.95. The van der Waals surface area contributed by atoms with Gasteiger partial charge in [0.15, 0.2) is 5.96 Å². The summed E-state index contributed by atoms with van der Waals surface area (Å²) in [5.41, 5.74) is 1.36. The van der Waals surface area contributed by atoms with E-state index in [0.29, 0.717) is 12.1 Å². The highest BCUT2D eigenvalue weighted by Gasteiger charge is 2.22. The Morgan fingerprint density at radius 2 is 1.93 bits per heavy atom. The molecular formula is C21H39IN6. The van der Waals surface area contributed by atoms with Crippen molar-refractivity contribution in [3.8, 4) is 0 Å². The van der Waals surface area contributed by atoms with E-state index >= 15 is 0 Å². The highest BCUT2D eigenvalue weighted by molar-refractivity contribution is 14.0. The van der Waals surface area contributed by atoms with Gasteiger partial charge in [-0.05, 0) is 40.1 Å². The summed E-state index contributed by atoms with van der Waals surface area (Å²) in [6.45, 7) is 8.48. The van der Waals surface area contributed by atoms with Gasteiger partial charge in [0, 0.05) is 58.4 Å². The molecule has 1 aromatic rings. The Morgan fingerprint density at radius 3 is 2.61 bits per heavy atom. The molecule has 0 bridgehead atoms. The standard InChI is InChI=1S/C21H38N6.HI/c1-18(27(5)16-19-9-7-6-8-10-19)11-12-23-21(22-2)24-15-20-17-25(3)13-14-26(20)4;/h6-10,18,20H,11-17H2,1-5H3,(H2,22,23,24);1H. The Bertz CT molecular complexity index is 567. The van der Waals surface area contributed by atoms with Gasteiger partial charge in [0.2, 0.25) is 0 Å². The molecule has 28 heavy (non-hydrogen) atoms. The number of hydrogen-bond donors (Lipinski definition) is 2. The van der Waals surface area contributed by atoms with Crippen LogP contribution in [-0.4, -0.2) is 93.7 Å². The maximum absolute atomic E-state index is 4.37. The largest absolute Gasteiger partial charge is 0.356 e. The van der Waals surface area contributed by atoms with E-state index in [-0.39, 0.29) is 24.0 Å². The zero-order chi connectivity index (χ0) is 19.6. The van der Waals surface area contributed by atoms with Crippen molar-refractivity contribution in [1.82, 2.24) is 25.3 Å². The second-order valence-corrected chi connectivity index (χ2v) is 7.81. The second kappa shape index (κ2) is 13.3. The van der Waals surface area contributed by atoms with Crippen molar-refractivity contribution >= 4 is 29.9 Å². The zero-order valence-electron chi connectivity index (χ0n) is 18.2. The van der Waals surface area contributed by atoms with Crippen LogP contribution < -0.4 is 10.6 Å². The van der Waals surface area contributed by atoms with Gasteiger partial charge in [0.1, 0.15) is 0 Å². The smallest absolute Gasteiger partial charge is 0.191 e. The van der Waals surface area contributed by atoms with Crippen molar-refractivity contribution in [3.63, 3.8) is 0 Å². The molecule has 2 rings (SSSR count). The summed E-state index contributed by atoms with van der Waals surface area (Å²) in [7, 11) is 8.44. The average molecular weight is 502 g/mol. The van der Waals surface area contributed by atoms with Crippen LogP contribution in [0.2, 0.25) is 0 Å². The molecule has 1 aromatic carbocycles. The Hall–Kier alpha value is -0.900. The molecule has 1 heterocycles. The van der Waals surface area contributed by atoms with Gasteiger partial charge in [-0.25, -0.2) is 0 Å². The van der Waals surface area contributed by atoms with Crippen LogP contribution in [0.1, 0.15) is 18.9 Å². The molecule has 6 nitrogen and oxygen atoms in total. The summed E-state index contributed by atoms with van der Waals surface area (Å²) in [4.78, 5) is 11.6. The van der Waals surface area contributed by atoms with Gasteiger partial charge in [0.25, 0.3) is 0 Å². The van der Waals surface area contributed by atoms with E-state index in [1.54, 1.807) is 0 Å². The van der Waals surface area contributed by atoms with Crippen LogP contribution in [0, 0.1) is 0 Å². The van der Waals surface area contributed by atoms with E-state index < -0.39 is 0 Å². The van der Waals surface area contributed by atoms with Gasteiger partial charge in [-0.1, -0.05) is 30.3 Å². The first-order valence-corrected chi connectivity index (χ1v) is 10.1. The molecule has 0 radical (unpaired) electrons. The molecule has 0 amide bonds. The minimum Gasteiger partial charge on any atom is -0.356 e. The van der Waals surface area contributed by atoms with Crippen LogP contribution in [-0.2, 0) is 6.54 Å². The number of benzene rings is 1. The van der Waals surface area contributed by atoms with Gasteiger partial charge in [0.05, 0.1) is 0 Å². The molecule has 1 aliphatic rings. The van der Waals surface area contributed by atoms with Crippen LogP contribution in [0.25, 0.3) is 0 Å². The lowest BCUT2D eigenvalue weighted by Gasteiger charge is -2.38. The summed E-state index contributed by atoms with van der Waals surface area (Å²) in [6.07, 6.45) is 1.08. The predicted octanol–water partition coefficient (Wildman–Crippen LogP) is 1.93. The molecule has 2 atom stereocenters. The molecule has 1 aliphatic heterocycles. The Labute approximate surface area is 188 Å². The van der Waals surface area contributed by atoms with E-state index in [2.05, 4.69) is 88.7 Å². The summed E-state index contributed by atoms with van der Waals surface area (Å²) < 4.78 is 0. The van der Waals surface area contributed by atoms with E-state index in [1.165, 1.54) is 5.56 Å². The zero-order valence-corrected chi connectivity index (χ0v) is 20.5. The van der Waals surface area contributed by atoms with Gasteiger partial charge in [-0.15, -0.1) is 24.0 Å². The maximum atomic E-state index is 4.37. The van der Waals surface area contributed by atoms with Crippen molar-refractivity contribution in [2.24, 2.45) is 4.99 Å². The quantitative estimate of drug-likeness (QED) is 0.323. The molecule has 7 heteroatoms. The SMILES string of the molecule is CN=C(NCCC(C)N(C)Cc1ccccc1)NCC1CN(C)CCN1C.I. The summed E-state index contributed by atoms with van der Waals surface area (Å²) in [5.74, 6) is 0.898. The number of aliphatic imine (C=N–C) groups is 1. The van der Waals surface area contributed by atoms with Crippen molar-refractivity contribution < 1.29 is 0 Å². The first-order chi connectivity index (χ1) is 13.0. The minimum absolute atomic E-state index is 0. The highest BCUT2D eigenvalue weighted by atomic mass is 127. The van der Waals surface area contributed by atoms with Crippen LogP contribution in [0.15, 0.2) is 35.3 Å². The monoisotopic (exact) mass is 502 g/mol. The molecule has 1 saturated heterocycles. The molecule has 0 saturated carbocycles. The number of rotatable bonds is 8. The fourth-order valence-electron chi connectivity index (χ4n) is 3.40. The van der Waals surface area contributed by atoms with Gasteiger partial charge >= 0.3 is 0 Å². The van der Waals surface area contributed by atoms with E-state index in [1.807, 2.05) is 7.05 Å². The Morgan fingerprint density at radius 1 is 1.21 bits per heavy atom. The lowest BCUT2D eigenvalue weighted by Crippen LogP contribution is -2.55. The molecule has 2 unspecified atom stereocenters. The summed E-state index contributed by atoms with van der Waals surface area (Å²) in [6, 6.07) is 11.7. The van der Waals surface area contributed by atoms with Crippen LogP contribution in [0.3, 0.4) is 0 Å². The van der Waals surface area contributed by atoms with E-state index in [4.69, 9.17) is 0 Å². The van der Waals surface area contributed by atoms with Gasteiger partial charge in [-0.3, -0.25) is 14.8 Å². The molecule has 0 aromatic heterocycles. The number of guanidine groups is 1. The fourth-order valence-corrected chi connectivity index (χ4v) is 3.40. The van der Waals surface area contributed by atoms with Crippen LogP contribution >= 0.6 is 24.0 Å². The Balaban J connectivity index is 0.00000392. The first-order valence-electron chi connectivity index (χ1n) is 10.1. The number of hydrogen-bond acceptors (Lipinski definition) is 4. The second-order valence-electron chi connectivity index (χ2n) is 7.81.